The van der Waals surface area contributed by atoms with E-state index >= 15 is 0 Å². The second kappa shape index (κ2) is 5.27. The van der Waals surface area contributed by atoms with E-state index in [9.17, 15) is 0 Å². The summed E-state index contributed by atoms with van der Waals surface area (Å²) in [4.78, 5) is 0. The van der Waals surface area contributed by atoms with Crippen LogP contribution in [0.2, 0.25) is 0 Å². The fourth-order valence-corrected chi connectivity index (χ4v) is 1.93. The Balaban J connectivity index is 2.07. The molecule has 0 fully saturated rings. The summed E-state index contributed by atoms with van der Waals surface area (Å²) in [6.45, 7) is 8.43. The molecular weight excluding hydrogens is 226 g/mol. The van der Waals surface area contributed by atoms with Gasteiger partial charge in [-0.2, -0.15) is 5.21 Å². The first-order valence-electron chi connectivity index (χ1n) is 6.14. The molecule has 0 amide bonds. The number of benzene rings is 1. The number of H-pyrrole nitrogens is 1. The molecule has 18 heavy (non-hydrogen) atoms. The summed E-state index contributed by atoms with van der Waals surface area (Å²) in [5.74, 6) is 0.686. The maximum absolute atomic E-state index is 3.98. The number of nitrogens with one attached hydrogen (secondary N) is 2. The molecule has 0 aliphatic carbocycles. The zero-order chi connectivity index (χ0) is 13.1. The second-order valence-electron chi connectivity index (χ2n) is 4.72. The highest BCUT2D eigenvalue weighted by Gasteiger charge is 2.14. The maximum Gasteiger partial charge on any atom is 0.191 e. The summed E-state index contributed by atoms with van der Waals surface area (Å²) < 4.78 is 0. The van der Waals surface area contributed by atoms with Crippen molar-refractivity contribution in [3.63, 3.8) is 0 Å². The number of rotatable bonds is 4. The van der Waals surface area contributed by atoms with E-state index in [1.807, 2.05) is 6.92 Å². The van der Waals surface area contributed by atoms with Gasteiger partial charge in [-0.25, -0.2) is 0 Å². The molecule has 2 atom stereocenters. The van der Waals surface area contributed by atoms with E-state index in [-0.39, 0.29) is 12.1 Å². The molecular formula is C13H19N5. The van der Waals surface area contributed by atoms with E-state index in [2.05, 4.69) is 64.9 Å². The Kier molecular flexibility index (Phi) is 3.72. The third-order valence-electron chi connectivity index (χ3n) is 3.28. The van der Waals surface area contributed by atoms with Crippen LogP contribution in [0.3, 0.4) is 0 Å². The van der Waals surface area contributed by atoms with Crippen LogP contribution in [0.5, 0.6) is 0 Å². The zero-order valence-corrected chi connectivity index (χ0v) is 11.2. The quantitative estimate of drug-likeness (QED) is 0.866. The fourth-order valence-electron chi connectivity index (χ4n) is 1.93. The topological polar surface area (TPSA) is 66.5 Å². The molecule has 2 N–H and O–H groups in total. The summed E-state index contributed by atoms with van der Waals surface area (Å²) in [5.41, 5.74) is 3.90. The monoisotopic (exact) mass is 245 g/mol. The minimum atomic E-state index is 0.0698. The van der Waals surface area contributed by atoms with Crippen molar-refractivity contribution in [1.29, 1.82) is 0 Å². The predicted molar refractivity (Wildman–Crippen MR) is 70.1 cm³/mol. The van der Waals surface area contributed by atoms with Crippen LogP contribution in [-0.4, -0.2) is 20.6 Å². The number of aryl methyl sites for hydroxylation is 2. The summed E-state index contributed by atoms with van der Waals surface area (Å²) >= 11 is 0. The van der Waals surface area contributed by atoms with Gasteiger partial charge in [0.25, 0.3) is 0 Å². The van der Waals surface area contributed by atoms with Crippen molar-refractivity contribution in [1.82, 2.24) is 25.9 Å². The van der Waals surface area contributed by atoms with Crippen molar-refractivity contribution in [2.75, 3.05) is 0 Å². The first-order chi connectivity index (χ1) is 8.58. The number of aromatic nitrogens is 4. The van der Waals surface area contributed by atoms with Crippen molar-refractivity contribution >= 4 is 0 Å². The van der Waals surface area contributed by atoms with Gasteiger partial charge < -0.3 is 5.32 Å². The fraction of sp³-hybridized carbons (Fsp3) is 0.462. The van der Waals surface area contributed by atoms with E-state index < -0.39 is 0 Å². The lowest BCUT2D eigenvalue weighted by molar-refractivity contribution is 0.476. The van der Waals surface area contributed by atoms with Crippen molar-refractivity contribution in [3.8, 4) is 0 Å². The average molecular weight is 245 g/mol. The molecule has 0 aliphatic heterocycles. The van der Waals surface area contributed by atoms with E-state index in [0.717, 1.165) is 0 Å². The van der Waals surface area contributed by atoms with Gasteiger partial charge in [0.1, 0.15) is 0 Å². The molecule has 5 nitrogen and oxygen atoms in total. The molecule has 1 aromatic carbocycles. The van der Waals surface area contributed by atoms with Crippen LogP contribution in [0.1, 0.15) is 48.4 Å². The lowest BCUT2D eigenvalue weighted by Gasteiger charge is -2.18. The Morgan fingerprint density at radius 3 is 2.50 bits per heavy atom. The minimum absolute atomic E-state index is 0.0698. The lowest BCUT2D eigenvalue weighted by atomic mass is 10.0. The van der Waals surface area contributed by atoms with Gasteiger partial charge in [0.15, 0.2) is 5.82 Å². The van der Waals surface area contributed by atoms with Crippen LogP contribution in [0.15, 0.2) is 18.2 Å². The lowest BCUT2D eigenvalue weighted by Crippen LogP contribution is -2.23. The Hall–Kier alpha value is -1.75. The van der Waals surface area contributed by atoms with E-state index in [1.54, 1.807) is 0 Å². The third-order valence-corrected chi connectivity index (χ3v) is 3.28. The first-order valence-corrected chi connectivity index (χ1v) is 6.14. The van der Waals surface area contributed by atoms with Gasteiger partial charge >= 0.3 is 0 Å². The Bertz CT molecular complexity index is 506. The number of hydrogen-bond acceptors (Lipinski definition) is 4. The third kappa shape index (κ3) is 2.73. The highest BCUT2D eigenvalue weighted by atomic mass is 15.5. The van der Waals surface area contributed by atoms with Crippen LogP contribution >= 0.6 is 0 Å². The normalized spacial score (nSPS) is 14.4. The largest absolute Gasteiger partial charge is 0.301 e. The van der Waals surface area contributed by atoms with Gasteiger partial charge in [-0.05, 0) is 44.4 Å². The molecule has 1 heterocycles. The summed E-state index contributed by atoms with van der Waals surface area (Å²) in [7, 11) is 0. The van der Waals surface area contributed by atoms with Crippen molar-refractivity contribution in [2.45, 2.75) is 39.8 Å². The average Bonchev–Trinajstić information content (AvgIpc) is 2.86. The number of tetrazole rings is 1. The smallest absolute Gasteiger partial charge is 0.191 e. The molecule has 0 saturated heterocycles. The molecule has 96 valence electrons. The molecule has 0 spiro atoms. The molecule has 1 aromatic heterocycles. The van der Waals surface area contributed by atoms with Crippen molar-refractivity contribution in [3.05, 3.63) is 40.7 Å². The minimum Gasteiger partial charge on any atom is -0.301 e. The molecule has 2 rings (SSSR count). The van der Waals surface area contributed by atoms with Gasteiger partial charge in [0.05, 0.1) is 6.04 Å². The maximum atomic E-state index is 3.98. The van der Waals surface area contributed by atoms with Crippen molar-refractivity contribution < 1.29 is 0 Å². The molecule has 2 aromatic rings. The molecule has 0 aliphatic rings. The van der Waals surface area contributed by atoms with Gasteiger partial charge in [0.2, 0.25) is 0 Å². The molecule has 0 saturated carbocycles. The Morgan fingerprint density at radius 2 is 1.89 bits per heavy atom. The van der Waals surface area contributed by atoms with Gasteiger partial charge in [-0.1, -0.05) is 23.4 Å². The predicted octanol–water partition coefficient (Wildman–Crippen LogP) is 2.23. The van der Waals surface area contributed by atoms with Crippen LogP contribution < -0.4 is 5.32 Å². The second-order valence-corrected chi connectivity index (χ2v) is 4.72. The number of aromatic amines is 1. The number of nitrogens with zero attached hydrogens (tertiary/aromatic N) is 3. The van der Waals surface area contributed by atoms with Gasteiger partial charge in [-0.3, -0.25) is 0 Å². The standard InChI is InChI=1S/C13H19N5/c1-8-5-6-12(7-9(8)2)10(3)14-11(4)13-15-17-18-16-13/h5-7,10-11,14H,1-4H3,(H,15,16,17,18). The summed E-state index contributed by atoms with van der Waals surface area (Å²) in [6.07, 6.45) is 0. The van der Waals surface area contributed by atoms with Gasteiger partial charge in [0, 0.05) is 6.04 Å². The van der Waals surface area contributed by atoms with Crippen molar-refractivity contribution in [2.24, 2.45) is 0 Å². The highest BCUT2D eigenvalue weighted by molar-refractivity contribution is 5.31. The molecule has 0 radical (unpaired) electrons. The summed E-state index contributed by atoms with van der Waals surface area (Å²) in [6, 6.07) is 6.85. The van der Waals surface area contributed by atoms with Crippen LogP contribution in [-0.2, 0) is 0 Å². The molecule has 2 unspecified atom stereocenters. The van der Waals surface area contributed by atoms with Crippen LogP contribution in [0.25, 0.3) is 0 Å². The Labute approximate surface area is 107 Å². The Morgan fingerprint density at radius 1 is 1.11 bits per heavy atom. The highest BCUT2D eigenvalue weighted by Crippen LogP contribution is 2.19. The summed E-state index contributed by atoms with van der Waals surface area (Å²) in [5, 5.41) is 17.5. The van der Waals surface area contributed by atoms with E-state index in [0.29, 0.717) is 5.82 Å². The number of hydrogen-bond donors (Lipinski definition) is 2. The first kappa shape index (κ1) is 12.7. The molecule has 0 bridgehead atoms. The van der Waals surface area contributed by atoms with E-state index in [4.69, 9.17) is 0 Å². The zero-order valence-electron chi connectivity index (χ0n) is 11.2. The molecule has 5 heteroatoms. The SMILES string of the molecule is Cc1ccc(C(C)NC(C)c2nn[nH]n2)cc1C. The van der Waals surface area contributed by atoms with Crippen LogP contribution in [0, 0.1) is 13.8 Å². The van der Waals surface area contributed by atoms with Crippen LogP contribution in [0.4, 0.5) is 0 Å². The van der Waals surface area contributed by atoms with Gasteiger partial charge in [-0.15, -0.1) is 10.2 Å². The van der Waals surface area contributed by atoms with E-state index in [1.165, 1.54) is 16.7 Å².